The van der Waals surface area contributed by atoms with E-state index in [1.165, 1.54) is 6.07 Å². The highest BCUT2D eigenvalue weighted by molar-refractivity contribution is 5.96. The van der Waals surface area contributed by atoms with Gasteiger partial charge in [-0.2, -0.15) is 0 Å². The summed E-state index contributed by atoms with van der Waals surface area (Å²) >= 11 is 0. The summed E-state index contributed by atoms with van der Waals surface area (Å²) in [5.41, 5.74) is 0.746. The summed E-state index contributed by atoms with van der Waals surface area (Å²) in [5.74, 6) is -1.35. The van der Waals surface area contributed by atoms with Gasteiger partial charge in [0.25, 0.3) is 11.6 Å². The number of rotatable bonds is 5. The van der Waals surface area contributed by atoms with Crippen molar-refractivity contribution < 1.29 is 19.6 Å². The number of amides is 1. The number of anilines is 1. The van der Waals surface area contributed by atoms with E-state index < -0.39 is 16.8 Å². The first-order chi connectivity index (χ1) is 13.0. The van der Waals surface area contributed by atoms with Crippen LogP contribution in [0.25, 0.3) is 0 Å². The Kier molecular flexibility index (Phi) is 4.49. The molecule has 1 saturated carbocycles. The number of carbonyl (C=O) groups is 2. The molecule has 8 heteroatoms. The van der Waals surface area contributed by atoms with Gasteiger partial charge < -0.3 is 14.9 Å². The monoisotopic (exact) mass is 373 g/mol. The lowest BCUT2D eigenvalue weighted by Crippen LogP contribution is -2.30. The van der Waals surface area contributed by atoms with Crippen molar-refractivity contribution in [1.29, 1.82) is 0 Å². The minimum Gasteiger partial charge on any atom is -0.481 e. The largest absolute Gasteiger partial charge is 0.481 e. The fraction of sp³-hybridized carbons (Fsp3) is 0.579. The molecule has 3 fully saturated rings. The number of carbonyl (C=O) groups excluding carboxylic acids is 1. The second-order valence-corrected chi connectivity index (χ2v) is 7.81. The summed E-state index contributed by atoms with van der Waals surface area (Å²) in [6.07, 6.45) is 4.05. The fourth-order valence-corrected chi connectivity index (χ4v) is 4.47. The average Bonchev–Trinajstić information content (AvgIpc) is 3.18. The molecule has 1 aromatic carbocycles. The Morgan fingerprint density at radius 3 is 2.44 bits per heavy atom. The number of aliphatic carboxylic acids is 1. The molecule has 2 atom stereocenters. The van der Waals surface area contributed by atoms with Crippen molar-refractivity contribution in [2.75, 3.05) is 31.1 Å². The van der Waals surface area contributed by atoms with Crippen molar-refractivity contribution in [3.05, 3.63) is 33.9 Å². The van der Waals surface area contributed by atoms with Gasteiger partial charge in [-0.15, -0.1) is 0 Å². The van der Waals surface area contributed by atoms with Crippen LogP contribution in [0.3, 0.4) is 0 Å². The molecular formula is C19H23N3O5. The molecule has 0 radical (unpaired) electrons. The van der Waals surface area contributed by atoms with Crippen molar-refractivity contribution in [3.63, 3.8) is 0 Å². The highest BCUT2D eigenvalue weighted by atomic mass is 16.6. The molecule has 144 valence electrons. The van der Waals surface area contributed by atoms with Crippen LogP contribution in [0, 0.1) is 27.9 Å². The number of nitro groups is 1. The Labute approximate surface area is 156 Å². The van der Waals surface area contributed by atoms with Crippen molar-refractivity contribution in [1.82, 2.24) is 4.90 Å². The van der Waals surface area contributed by atoms with E-state index in [1.54, 1.807) is 17.0 Å². The summed E-state index contributed by atoms with van der Waals surface area (Å²) in [6.45, 7) is 2.16. The maximum Gasteiger partial charge on any atom is 0.308 e. The van der Waals surface area contributed by atoms with E-state index in [0.717, 1.165) is 38.8 Å². The van der Waals surface area contributed by atoms with Gasteiger partial charge >= 0.3 is 5.97 Å². The summed E-state index contributed by atoms with van der Waals surface area (Å²) in [5, 5.41) is 21.0. The standard InChI is InChI=1S/C19H23N3O5/c23-18(21-10-14(12-3-4-12)15(11-21)19(24)25)13-5-6-16(17(9-13)22(26)27)20-7-1-2-8-20/h5-6,9,12,14-15H,1-4,7-8,10-11H2,(H,24,25)/t14-,15+/m1/s1. The molecular weight excluding hydrogens is 350 g/mol. The van der Waals surface area contributed by atoms with Gasteiger partial charge in [-0.25, -0.2) is 0 Å². The van der Waals surface area contributed by atoms with Crippen molar-refractivity contribution in [3.8, 4) is 0 Å². The maximum atomic E-state index is 12.9. The Morgan fingerprint density at radius 1 is 1.15 bits per heavy atom. The van der Waals surface area contributed by atoms with E-state index in [4.69, 9.17) is 0 Å². The number of carboxylic acids is 1. The third kappa shape index (κ3) is 3.36. The normalized spacial score (nSPS) is 25.0. The van der Waals surface area contributed by atoms with E-state index >= 15 is 0 Å². The number of benzene rings is 1. The van der Waals surface area contributed by atoms with Crippen LogP contribution in [0.4, 0.5) is 11.4 Å². The molecule has 1 amide bonds. The van der Waals surface area contributed by atoms with Crippen LogP contribution in [0.15, 0.2) is 18.2 Å². The van der Waals surface area contributed by atoms with E-state index in [-0.39, 0.29) is 29.6 Å². The lowest BCUT2D eigenvalue weighted by Gasteiger charge is -2.19. The zero-order valence-electron chi connectivity index (χ0n) is 15.0. The molecule has 0 spiro atoms. The highest BCUT2D eigenvalue weighted by Gasteiger charge is 2.47. The number of carboxylic acid groups (broad SMARTS) is 1. The van der Waals surface area contributed by atoms with Gasteiger partial charge in [0.05, 0.1) is 10.8 Å². The van der Waals surface area contributed by atoms with E-state index in [9.17, 15) is 24.8 Å². The SMILES string of the molecule is O=C(O)[C@H]1CN(C(=O)c2ccc(N3CCCC3)c([N+](=O)[O-])c2)C[C@@H]1C1CC1. The van der Waals surface area contributed by atoms with E-state index in [2.05, 4.69) is 0 Å². The maximum absolute atomic E-state index is 12.9. The number of nitrogens with zero attached hydrogens (tertiary/aromatic N) is 3. The van der Waals surface area contributed by atoms with Gasteiger partial charge in [0, 0.05) is 37.8 Å². The van der Waals surface area contributed by atoms with Gasteiger partial charge in [0.1, 0.15) is 5.69 Å². The van der Waals surface area contributed by atoms with Crippen LogP contribution in [-0.2, 0) is 4.79 Å². The van der Waals surface area contributed by atoms with Gasteiger partial charge in [-0.1, -0.05) is 0 Å². The first-order valence-electron chi connectivity index (χ1n) is 9.51. The Balaban J connectivity index is 1.57. The molecule has 1 aromatic rings. The summed E-state index contributed by atoms with van der Waals surface area (Å²) < 4.78 is 0. The van der Waals surface area contributed by atoms with Gasteiger partial charge in [-0.05, 0) is 49.7 Å². The predicted molar refractivity (Wildman–Crippen MR) is 97.8 cm³/mol. The average molecular weight is 373 g/mol. The van der Waals surface area contributed by atoms with Crippen LogP contribution in [0.1, 0.15) is 36.0 Å². The lowest BCUT2D eigenvalue weighted by molar-refractivity contribution is -0.384. The van der Waals surface area contributed by atoms with Crippen molar-refractivity contribution in [2.24, 2.45) is 17.8 Å². The van der Waals surface area contributed by atoms with Gasteiger partial charge in [-0.3, -0.25) is 19.7 Å². The molecule has 1 N–H and O–H groups in total. The molecule has 4 rings (SSSR count). The summed E-state index contributed by atoms with van der Waals surface area (Å²) in [4.78, 5) is 39.1. The van der Waals surface area contributed by atoms with E-state index in [0.29, 0.717) is 18.2 Å². The molecule has 3 aliphatic rings. The number of hydrogen-bond donors (Lipinski definition) is 1. The summed E-state index contributed by atoms with van der Waals surface area (Å²) in [7, 11) is 0. The van der Waals surface area contributed by atoms with Crippen LogP contribution in [0.2, 0.25) is 0 Å². The molecule has 2 saturated heterocycles. The Bertz CT molecular complexity index is 786. The minimum atomic E-state index is -0.863. The van der Waals surface area contributed by atoms with Crippen LogP contribution >= 0.6 is 0 Å². The van der Waals surface area contributed by atoms with Crippen LogP contribution < -0.4 is 4.90 Å². The van der Waals surface area contributed by atoms with Crippen molar-refractivity contribution >= 4 is 23.3 Å². The highest BCUT2D eigenvalue weighted by Crippen LogP contribution is 2.44. The third-order valence-corrected chi connectivity index (χ3v) is 6.06. The number of nitro benzene ring substituents is 1. The summed E-state index contributed by atoms with van der Waals surface area (Å²) in [6, 6.07) is 4.62. The number of hydrogen-bond acceptors (Lipinski definition) is 5. The van der Waals surface area contributed by atoms with Gasteiger partial charge in [0.15, 0.2) is 0 Å². The first kappa shape index (κ1) is 17.8. The van der Waals surface area contributed by atoms with E-state index in [1.807, 2.05) is 4.90 Å². The molecule has 1 aliphatic carbocycles. The smallest absolute Gasteiger partial charge is 0.308 e. The lowest BCUT2D eigenvalue weighted by atomic mass is 9.92. The van der Waals surface area contributed by atoms with Crippen LogP contribution in [0.5, 0.6) is 0 Å². The van der Waals surface area contributed by atoms with Gasteiger partial charge in [0.2, 0.25) is 0 Å². The Hall–Kier alpha value is -2.64. The second kappa shape index (κ2) is 6.83. The topological polar surface area (TPSA) is 104 Å². The van der Waals surface area contributed by atoms with Crippen molar-refractivity contribution in [2.45, 2.75) is 25.7 Å². The molecule has 0 unspecified atom stereocenters. The quantitative estimate of drug-likeness (QED) is 0.628. The second-order valence-electron chi connectivity index (χ2n) is 7.81. The molecule has 2 aliphatic heterocycles. The first-order valence-corrected chi connectivity index (χ1v) is 9.51. The number of likely N-dealkylation sites (tertiary alicyclic amines) is 1. The molecule has 27 heavy (non-hydrogen) atoms. The molecule has 0 aromatic heterocycles. The third-order valence-electron chi connectivity index (χ3n) is 6.06. The van der Waals surface area contributed by atoms with Crippen LogP contribution in [-0.4, -0.2) is 53.0 Å². The zero-order valence-corrected chi connectivity index (χ0v) is 15.0. The Morgan fingerprint density at radius 2 is 1.85 bits per heavy atom. The molecule has 8 nitrogen and oxygen atoms in total. The minimum absolute atomic E-state index is 0.00897. The fourth-order valence-electron chi connectivity index (χ4n) is 4.47. The predicted octanol–water partition coefficient (Wildman–Crippen LogP) is 2.38. The molecule has 0 bridgehead atoms. The zero-order chi connectivity index (χ0) is 19.1. The molecule has 2 heterocycles.